The number of hydrogen-bond acceptors (Lipinski definition) is 3. The Labute approximate surface area is 94.9 Å². The monoisotopic (exact) mass is 220 g/mol. The third-order valence-corrected chi connectivity index (χ3v) is 2.81. The molecule has 0 unspecified atom stereocenters. The number of ether oxygens (including phenoxy) is 1. The fraction of sp³-hybridized carbons (Fsp3) is 0.500. The first kappa shape index (κ1) is 10.9. The van der Waals surface area contributed by atoms with E-state index < -0.39 is 0 Å². The molecule has 2 atom stereocenters. The summed E-state index contributed by atoms with van der Waals surface area (Å²) in [6, 6.07) is 0. The lowest BCUT2D eigenvalue weighted by Crippen LogP contribution is -2.13. The van der Waals surface area contributed by atoms with Crippen molar-refractivity contribution >= 4 is 6.09 Å². The van der Waals surface area contributed by atoms with E-state index in [0.29, 0.717) is 5.92 Å². The maximum atomic E-state index is 11.5. The Balaban J connectivity index is 1.69. The van der Waals surface area contributed by atoms with Crippen molar-refractivity contribution in [1.82, 2.24) is 9.55 Å². The molecule has 1 heterocycles. The summed E-state index contributed by atoms with van der Waals surface area (Å²) in [5, 5.41) is 0. The molecule has 0 spiro atoms. The highest BCUT2D eigenvalue weighted by molar-refractivity contribution is 5.70. The van der Waals surface area contributed by atoms with Crippen LogP contribution in [0.25, 0.3) is 0 Å². The first-order chi connectivity index (χ1) is 7.81. The molecule has 0 aliphatic heterocycles. The number of nitrogens with zero attached hydrogens (tertiary/aromatic N) is 2. The SMILES string of the molecule is C=CCCC[C@H]1C[C@@H]1OC(=O)n1ccnc1. The van der Waals surface area contributed by atoms with Gasteiger partial charge in [0.1, 0.15) is 12.4 Å². The predicted octanol–water partition coefficient (Wildman–Crippen LogP) is 2.61. The van der Waals surface area contributed by atoms with Gasteiger partial charge in [-0.25, -0.2) is 14.3 Å². The van der Waals surface area contributed by atoms with Crippen molar-refractivity contribution < 1.29 is 9.53 Å². The number of carbonyl (C=O) groups is 1. The fourth-order valence-electron chi connectivity index (χ4n) is 1.75. The lowest BCUT2D eigenvalue weighted by atomic mass is 10.2. The molecule has 86 valence electrons. The molecule has 4 heteroatoms. The number of imidazole rings is 1. The molecule has 1 saturated carbocycles. The molecule has 1 aromatic heterocycles. The second-order valence-corrected chi connectivity index (χ2v) is 4.11. The maximum absolute atomic E-state index is 11.5. The van der Waals surface area contributed by atoms with Crippen molar-refractivity contribution in [2.24, 2.45) is 5.92 Å². The molecule has 0 N–H and O–H groups in total. The van der Waals surface area contributed by atoms with Gasteiger partial charge in [-0.1, -0.05) is 6.08 Å². The number of allylic oxidation sites excluding steroid dienone is 1. The van der Waals surface area contributed by atoms with Crippen LogP contribution in [0.2, 0.25) is 0 Å². The summed E-state index contributed by atoms with van der Waals surface area (Å²) >= 11 is 0. The van der Waals surface area contributed by atoms with Gasteiger partial charge >= 0.3 is 6.09 Å². The molecule has 16 heavy (non-hydrogen) atoms. The van der Waals surface area contributed by atoms with Gasteiger partial charge in [-0.3, -0.25) is 0 Å². The number of aromatic nitrogens is 2. The van der Waals surface area contributed by atoms with Crippen LogP contribution in [0.1, 0.15) is 25.7 Å². The highest BCUT2D eigenvalue weighted by Gasteiger charge is 2.40. The summed E-state index contributed by atoms with van der Waals surface area (Å²) in [5.74, 6) is 0.549. The molecule has 1 aromatic rings. The van der Waals surface area contributed by atoms with Crippen molar-refractivity contribution in [3.8, 4) is 0 Å². The minimum absolute atomic E-state index is 0.111. The van der Waals surface area contributed by atoms with Crippen LogP contribution in [0, 0.1) is 5.92 Å². The smallest absolute Gasteiger partial charge is 0.419 e. The Hall–Kier alpha value is -1.58. The predicted molar refractivity (Wildman–Crippen MR) is 60.0 cm³/mol. The van der Waals surface area contributed by atoms with Crippen LogP contribution < -0.4 is 0 Å². The van der Waals surface area contributed by atoms with Crippen LogP contribution in [-0.2, 0) is 4.74 Å². The van der Waals surface area contributed by atoms with E-state index in [1.165, 1.54) is 10.9 Å². The molecule has 0 aromatic carbocycles. The van der Waals surface area contributed by atoms with Crippen LogP contribution in [0.5, 0.6) is 0 Å². The quantitative estimate of drug-likeness (QED) is 0.566. The molecule has 0 saturated heterocycles. The summed E-state index contributed by atoms with van der Waals surface area (Å²) < 4.78 is 6.67. The molecule has 4 nitrogen and oxygen atoms in total. The summed E-state index contributed by atoms with van der Waals surface area (Å²) in [6.45, 7) is 3.68. The third-order valence-electron chi connectivity index (χ3n) is 2.81. The lowest BCUT2D eigenvalue weighted by Gasteiger charge is -2.03. The number of carbonyl (C=O) groups excluding carboxylic acids is 1. The molecule has 0 bridgehead atoms. The Morgan fingerprint density at radius 1 is 1.69 bits per heavy atom. The van der Waals surface area contributed by atoms with Gasteiger partial charge in [-0.2, -0.15) is 0 Å². The summed E-state index contributed by atoms with van der Waals surface area (Å²) in [4.78, 5) is 15.3. The molecule has 0 radical (unpaired) electrons. The first-order valence-electron chi connectivity index (χ1n) is 5.61. The molecule has 0 amide bonds. The zero-order valence-corrected chi connectivity index (χ0v) is 9.21. The first-order valence-corrected chi connectivity index (χ1v) is 5.61. The Kier molecular flexibility index (Phi) is 3.39. The van der Waals surface area contributed by atoms with E-state index in [4.69, 9.17) is 4.74 Å². The Morgan fingerprint density at radius 3 is 3.25 bits per heavy atom. The molecular formula is C12H16N2O2. The molecular weight excluding hydrogens is 204 g/mol. The number of rotatable bonds is 5. The van der Waals surface area contributed by atoms with Crippen LogP contribution >= 0.6 is 0 Å². The molecule has 2 rings (SSSR count). The standard InChI is InChI=1S/C12H16N2O2/c1-2-3-4-5-10-8-11(10)16-12(15)14-7-6-13-9-14/h2,6-7,9-11H,1,3-5,8H2/t10-,11-/m0/s1. The van der Waals surface area contributed by atoms with Gasteiger partial charge in [0.05, 0.1) is 0 Å². The number of unbranched alkanes of at least 4 members (excludes halogenated alkanes) is 1. The Bertz CT molecular complexity index is 359. The van der Waals surface area contributed by atoms with Crippen LogP contribution in [0.4, 0.5) is 4.79 Å². The van der Waals surface area contributed by atoms with Crippen molar-refractivity contribution in [3.63, 3.8) is 0 Å². The number of hydrogen-bond donors (Lipinski definition) is 0. The second kappa shape index (κ2) is 4.96. The topological polar surface area (TPSA) is 44.1 Å². The van der Waals surface area contributed by atoms with Gasteiger partial charge in [0, 0.05) is 12.4 Å². The van der Waals surface area contributed by atoms with E-state index in [-0.39, 0.29) is 12.2 Å². The summed E-state index contributed by atoms with van der Waals surface area (Å²) in [5.41, 5.74) is 0. The maximum Gasteiger partial charge on any atom is 0.419 e. The van der Waals surface area contributed by atoms with Crippen molar-refractivity contribution in [3.05, 3.63) is 31.4 Å². The van der Waals surface area contributed by atoms with Crippen molar-refractivity contribution in [2.45, 2.75) is 31.8 Å². The molecule has 1 fully saturated rings. The normalized spacial score (nSPS) is 22.8. The van der Waals surface area contributed by atoms with Crippen LogP contribution in [0.15, 0.2) is 31.4 Å². The summed E-state index contributed by atoms with van der Waals surface area (Å²) in [6.07, 6.45) is 10.6. The van der Waals surface area contributed by atoms with Gasteiger partial charge in [-0.15, -0.1) is 6.58 Å². The van der Waals surface area contributed by atoms with E-state index in [1.807, 2.05) is 6.08 Å². The third kappa shape index (κ3) is 2.72. The van der Waals surface area contributed by atoms with E-state index in [9.17, 15) is 4.79 Å². The van der Waals surface area contributed by atoms with Crippen LogP contribution in [-0.4, -0.2) is 21.7 Å². The van der Waals surface area contributed by atoms with E-state index >= 15 is 0 Å². The van der Waals surface area contributed by atoms with Gasteiger partial charge in [0.2, 0.25) is 0 Å². The average molecular weight is 220 g/mol. The van der Waals surface area contributed by atoms with Crippen LogP contribution in [0.3, 0.4) is 0 Å². The lowest BCUT2D eigenvalue weighted by molar-refractivity contribution is 0.134. The minimum Gasteiger partial charge on any atom is -0.445 e. The van der Waals surface area contributed by atoms with Crippen molar-refractivity contribution in [2.75, 3.05) is 0 Å². The van der Waals surface area contributed by atoms with E-state index in [0.717, 1.165) is 25.7 Å². The molecule has 1 aliphatic carbocycles. The zero-order valence-electron chi connectivity index (χ0n) is 9.21. The van der Waals surface area contributed by atoms with E-state index in [2.05, 4.69) is 11.6 Å². The van der Waals surface area contributed by atoms with Crippen molar-refractivity contribution in [1.29, 1.82) is 0 Å². The van der Waals surface area contributed by atoms with Gasteiger partial charge in [0.25, 0.3) is 0 Å². The highest BCUT2D eigenvalue weighted by atomic mass is 16.6. The molecule has 1 aliphatic rings. The summed E-state index contributed by atoms with van der Waals surface area (Å²) in [7, 11) is 0. The van der Waals surface area contributed by atoms with Gasteiger partial charge in [0.15, 0.2) is 0 Å². The zero-order chi connectivity index (χ0) is 11.4. The fourth-order valence-corrected chi connectivity index (χ4v) is 1.75. The minimum atomic E-state index is -0.325. The highest BCUT2D eigenvalue weighted by Crippen LogP contribution is 2.38. The van der Waals surface area contributed by atoms with Gasteiger partial charge < -0.3 is 4.74 Å². The largest absolute Gasteiger partial charge is 0.445 e. The Morgan fingerprint density at radius 2 is 2.56 bits per heavy atom. The van der Waals surface area contributed by atoms with Gasteiger partial charge in [-0.05, 0) is 31.6 Å². The second-order valence-electron chi connectivity index (χ2n) is 4.11. The average Bonchev–Trinajstić information content (AvgIpc) is 2.82. The van der Waals surface area contributed by atoms with E-state index in [1.54, 1.807) is 12.4 Å².